The van der Waals surface area contributed by atoms with Crippen molar-refractivity contribution < 1.29 is 22.7 Å². The van der Waals surface area contributed by atoms with Crippen molar-refractivity contribution in [2.45, 2.75) is 24.2 Å². The molecule has 0 amide bonds. The summed E-state index contributed by atoms with van der Waals surface area (Å²) < 4.78 is 55.0. The molecule has 1 heterocycles. The first-order chi connectivity index (χ1) is 15.1. The molecular weight excluding hydrogens is 467 g/mol. The zero-order chi connectivity index (χ0) is 23.4. The van der Waals surface area contributed by atoms with Gasteiger partial charge in [-0.2, -0.15) is 13.2 Å². The topological polar surface area (TPSA) is 45.1 Å². The Morgan fingerprint density at radius 1 is 1.00 bits per heavy atom. The minimum atomic E-state index is -4.75. The van der Waals surface area contributed by atoms with Crippen LogP contribution in [0.25, 0.3) is 0 Å². The van der Waals surface area contributed by atoms with Crippen molar-refractivity contribution in [3.63, 3.8) is 0 Å². The first-order valence-corrected chi connectivity index (χ1v) is 10.6. The molecule has 0 aliphatic carbocycles. The van der Waals surface area contributed by atoms with Gasteiger partial charge in [0.1, 0.15) is 5.82 Å². The second kappa shape index (κ2) is 10.2. The van der Waals surface area contributed by atoms with E-state index in [1.54, 1.807) is 42.5 Å². The summed E-state index contributed by atoms with van der Waals surface area (Å²) in [5.74, 6) is -1.14. The van der Waals surface area contributed by atoms with Crippen molar-refractivity contribution in [3.05, 3.63) is 100 Å². The highest BCUT2D eigenvalue weighted by molar-refractivity contribution is 6.30. The van der Waals surface area contributed by atoms with Gasteiger partial charge < -0.3 is 5.11 Å². The van der Waals surface area contributed by atoms with E-state index in [2.05, 4.69) is 10.3 Å². The van der Waals surface area contributed by atoms with Gasteiger partial charge in [-0.1, -0.05) is 41.9 Å². The number of aromatic nitrogens is 1. The molecule has 0 radical (unpaired) electrons. The van der Waals surface area contributed by atoms with Crippen molar-refractivity contribution in [1.82, 2.24) is 10.3 Å². The lowest BCUT2D eigenvalue weighted by Gasteiger charge is -2.36. The van der Waals surface area contributed by atoms with Crippen LogP contribution in [0.3, 0.4) is 0 Å². The maximum atomic E-state index is 14.4. The fraction of sp³-hybridized carbons (Fsp3) is 0.261. The molecule has 0 saturated heterocycles. The Kier molecular flexibility index (Phi) is 7.77. The lowest BCUT2D eigenvalue weighted by Crippen LogP contribution is -2.49. The SMILES string of the molecule is O[C@H](CCl)CN[C@@](Cc1ccccc1)(c1cc(F)cc(C(F)(F)F)c1)c1ccc(Cl)cn1. The monoisotopic (exact) mass is 486 g/mol. The van der Waals surface area contributed by atoms with Gasteiger partial charge in [-0.15, -0.1) is 11.6 Å². The number of hydrogen-bond donors (Lipinski definition) is 2. The predicted molar refractivity (Wildman–Crippen MR) is 116 cm³/mol. The van der Waals surface area contributed by atoms with Gasteiger partial charge in [-0.3, -0.25) is 10.3 Å². The average molecular weight is 487 g/mol. The van der Waals surface area contributed by atoms with E-state index in [4.69, 9.17) is 23.2 Å². The van der Waals surface area contributed by atoms with Gasteiger partial charge in [-0.05, 0) is 41.5 Å². The van der Waals surface area contributed by atoms with E-state index in [1.165, 1.54) is 6.20 Å². The summed E-state index contributed by atoms with van der Waals surface area (Å²) in [6.07, 6.45) is -4.26. The lowest BCUT2D eigenvalue weighted by atomic mass is 9.79. The maximum Gasteiger partial charge on any atom is 0.416 e. The highest BCUT2D eigenvalue weighted by Crippen LogP contribution is 2.37. The van der Waals surface area contributed by atoms with E-state index in [0.717, 1.165) is 17.7 Å². The lowest BCUT2D eigenvalue weighted by molar-refractivity contribution is -0.137. The molecular formula is C23H20Cl2F4N2O. The molecule has 2 aromatic carbocycles. The van der Waals surface area contributed by atoms with Crippen LogP contribution in [0, 0.1) is 5.82 Å². The highest BCUT2D eigenvalue weighted by atomic mass is 35.5. The first kappa shape index (κ1) is 24.5. The van der Waals surface area contributed by atoms with Crippen LogP contribution in [0.15, 0.2) is 66.9 Å². The molecule has 170 valence electrons. The third-order valence-corrected chi connectivity index (χ3v) is 5.59. The molecule has 2 N–H and O–H groups in total. The van der Waals surface area contributed by atoms with Crippen LogP contribution in [0.5, 0.6) is 0 Å². The largest absolute Gasteiger partial charge is 0.416 e. The van der Waals surface area contributed by atoms with Gasteiger partial charge in [0, 0.05) is 25.0 Å². The molecule has 0 spiro atoms. The zero-order valence-electron chi connectivity index (χ0n) is 16.7. The first-order valence-electron chi connectivity index (χ1n) is 9.67. The third-order valence-electron chi connectivity index (χ3n) is 5.01. The molecule has 2 atom stereocenters. The number of halogens is 6. The Morgan fingerprint density at radius 3 is 2.28 bits per heavy atom. The van der Waals surface area contributed by atoms with Gasteiger partial charge >= 0.3 is 6.18 Å². The highest BCUT2D eigenvalue weighted by Gasteiger charge is 2.39. The number of nitrogens with zero attached hydrogens (tertiary/aromatic N) is 1. The summed E-state index contributed by atoms with van der Waals surface area (Å²) in [5.41, 5.74) is -1.47. The molecule has 0 saturated carbocycles. The number of aliphatic hydroxyl groups is 1. The fourth-order valence-corrected chi connectivity index (χ4v) is 3.69. The smallest absolute Gasteiger partial charge is 0.391 e. The van der Waals surface area contributed by atoms with Crippen LogP contribution in [-0.2, 0) is 18.1 Å². The summed E-state index contributed by atoms with van der Waals surface area (Å²) in [6.45, 7) is -0.0709. The molecule has 0 fully saturated rings. The predicted octanol–water partition coefficient (Wildman–Crippen LogP) is 5.57. The molecule has 3 rings (SSSR count). The van der Waals surface area contributed by atoms with Crippen molar-refractivity contribution in [2.24, 2.45) is 0 Å². The summed E-state index contributed by atoms with van der Waals surface area (Å²) >= 11 is 11.7. The summed E-state index contributed by atoms with van der Waals surface area (Å²) in [4.78, 5) is 4.34. The van der Waals surface area contributed by atoms with Crippen LogP contribution < -0.4 is 5.32 Å². The normalized spacial score (nSPS) is 14.7. The van der Waals surface area contributed by atoms with E-state index in [-0.39, 0.29) is 24.4 Å². The standard InChI is InChI=1S/C23H20Cl2F4N2O/c24-12-20(32)14-31-22(11-15-4-2-1-3-5-15,21-7-6-18(25)13-30-21)16-8-17(23(27,28)29)10-19(26)9-16/h1-10,13,20,31-32H,11-12,14H2/t20-,22+/m1/s1. The number of benzene rings is 2. The third kappa shape index (κ3) is 5.78. The minimum absolute atomic E-state index is 0.00488. The number of rotatable bonds is 8. The van der Waals surface area contributed by atoms with Crippen molar-refractivity contribution >= 4 is 23.2 Å². The maximum absolute atomic E-state index is 14.4. The van der Waals surface area contributed by atoms with Gasteiger partial charge in [0.25, 0.3) is 0 Å². The van der Waals surface area contributed by atoms with Gasteiger partial charge in [0.15, 0.2) is 0 Å². The zero-order valence-corrected chi connectivity index (χ0v) is 18.2. The number of nitrogens with one attached hydrogen (secondary N) is 1. The Bertz CT molecular complexity index is 1030. The minimum Gasteiger partial charge on any atom is -0.391 e. The fourth-order valence-electron chi connectivity index (χ4n) is 3.47. The van der Waals surface area contributed by atoms with Gasteiger partial charge in [0.2, 0.25) is 0 Å². The van der Waals surface area contributed by atoms with E-state index in [9.17, 15) is 22.7 Å². The second-order valence-corrected chi connectivity index (χ2v) is 8.09. The van der Waals surface area contributed by atoms with Crippen molar-refractivity contribution in [2.75, 3.05) is 12.4 Å². The molecule has 0 aliphatic rings. The van der Waals surface area contributed by atoms with Crippen LogP contribution >= 0.6 is 23.2 Å². The van der Waals surface area contributed by atoms with Crippen LogP contribution in [0.4, 0.5) is 17.6 Å². The quantitative estimate of drug-likeness (QED) is 0.323. The second-order valence-electron chi connectivity index (χ2n) is 7.34. The Balaban J connectivity index is 2.26. The number of hydrogen-bond acceptors (Lipinski definition) is 3. The van der Waals surface area contributed by atoms with E-state index in [1.807, 2.05) is 0 Å². The van der Waals surface area contributed by atoms with Crippen LogP contribution in [0.1, 0.15) is 22.4 Å². The summed E-state index contributed by atoms with van der Waals surface area (Å²) in [7, 11) is 0. The van der Waals surface area contributed by atoms with E-state index in [0.29, 0.717) is 16.8 Å². The summed E-state index contributed by atoms with van der Waals surface area (Å²) in [5, 5.41) is 13.5. The molecule has 0 unspecified atom stereocenters. The average Bonchev–Trinajstić information content (AvgIpc) is 2.76. The molecule has 9 heteroatoms. The Morgan fingerprint density at radius 2 is 1.69 bits per heavy atom. The molecule has 3 nitrogen and oxygen atoms in total. The Labute approximate surface area is 193 Å². The van der Waals surface area contributed by atoms with Crippen LogP contribution in [-0.4, -0.2) is 28.6 Å². The Hall–Kier alpha value is -2.19. The number of pyridine rings is 1. The van der Waals surface area contributed by atoms with E-state index < -0.39 is 29.2 Å². The molecule has 3 aromatic rings. The van der Waals surface area contributed by atoms with Gasteiger partial charge in [0.05, 0.1) is 27.9 Å². The van der Waals surface area contributed by atoms with Crippen LogP contribution in [0.2, 0.25) is 5.02 Å². The molecule has 32 heavy (non-hydrogen) atoms. The number of aliphatic hydroxyl groups excluding tert-OH is 1. The van der Waals surface area contributed by atoms with Crippen molar-refractivity contribution in [3.8, 4) is 0 Å². The molecule has 0 aliphatic heterocycles. The molecule has 1 aromatic heterocycles. The molecule has 0 bridgehead atoms. The van der Waals surface area contributed by atoms with Crippen molar-refractivity contribution in [1.29, 1.82) is 0 Å². The van der Waals surface area contributed by atoms with E-state index >= 15 is 0 Å². The summed E-state index contributed by atoms with van der Waals surface area (Å²) in [6, 6.07) is 14.5. The van der Waals surface area contributed by atoms with Gasteiger partial charge in [-0.25, -0.2) is 4.39 Å². The number of alkyl halides is 4.